The maximum atomic E-state index is 13.0. The van der Waals surface area contributed by atoms with Gasteiger partial charge in [-0.25, -0.2) is 0 Å². The van der Waals surface area contributed by atoms with Gasteiger partial charge in [0.1, 0.15) is 0 Å². The van der Waals surface area contributed by atoms with E-state index >= 15 is 0 Å². The van der Waals surface area contributed by atoms with Gasteiger partial charge in [0.15, 0.2) is 0 Å². The lowest BCUT2D eigenvalue weighted by Gasteiger charge is -2.36. The molecule has 0 atom stereocenters. The highest BCUT2D eigenvalue weighted by Crippen LogP contribution is 2.35. The zero-order valence-corrected chi connectivity index (χ0v) is 16.8. The Morgan fingerprint density at radius 2 is 1.79 bits per heavy atom. The summed E-state index contributed by atoms with van der Waals surface area (Å²) < 4.78 is 0. The molecule has 0 unspecified atom stereocenters. The van der Waals surface area contributed by atoms with Gasteiger partial charge in [-0.1, -0.05) is 24.3 Å². The summed E-state index contributed by atoms with van der Waals surface area (Å²) in [4.78, 5) is 28.3. The third kappa shape index (κ3) is 4.45. The van der Waals surface area contributed by atoms with Gasteiger partial charge in [0, 0.05) is 30.2 Å². The average Bonchev–Trinajstić information content (AvgIpc) is 3.41. The number of para-hydroxylation sites is 1. The van der Waals surface area contributed by atoms with Crippen molar-refractivity contribution in [2.24, 2.45) is 11.7 Å². The Bertz CT molecular complexity index is 824. The molecule has 2 amide bonds. The molecule has 0 spiro atoms. The van der Waals surface area contributed by atoms with Gasteiger partial charge in [-0.05, 0) is 61.6 Å². The number of thiophene rings is 1. The number of anilines is 1. The number of benzene rings is 1. The number of nitrogens with two attached hydrogens (primary N) is 1. The van der Waals surface area contributed by atoms with Crippen LogP contribution in [0.5, 0.6) is 0 Å². The second kappa shape index (κ2) is 8.45. The third-order valence-corrected chi connectivity index (χ3v) is 6.61. The molecule has 0 saturated heterocycles. The summed E-state index contributed by atoms with van der Waals surface area (Å²) in [6.07, 6.45) is 5.86. The van der Waals surface area contributed by atoms with E-state index in [2.05, 4.69) is 10.2 Å². The van der Waals surface area contributed by atoms with E-state index in [1.165, 1.54) is 11.3 Å². The second-order valence-electron chi connectivity index (χ2n) is 7.90. The van der Waals surface area contributed by atoms with Crippen molar-refractivity contribution in [1.29, 1.82) is 0 Å². The summed E-state index contributed by atoms with van der Waals surface area (Å²) >= 11 is 1.42. The van der Waals surface area contributed by atoms with Crippen molar-refractivity contribution >= 4 is 28.8 Å². The van der Waals surface area contributed by atoms with Crippen molar-refractivity contribution in [3.8, 4) is 0 Å². The molecule has 1 aromatic heterocycles. The molecule has 2 aromatic rings. The van der Waals surface area contributed by atoms with E-state index in [0.29, 0.717) is 11.4 Å². The molecule has 4 rings (SSSR count). The number of rotatable bonds is 6. The number of amides is 2. The normalized spacial score (nSPS) is 21.9. The standard InChI is InChI=1S/C22H27N3O2S/c23-17-9-11-18(12-10-17)25(22(27)15-7-8-15)14-16-4-1-2-5-19(16)24-21(26)20-6-3-13-28-20/h1-6,13,15,17-18H,7-12,14,23H2,(H,24,26). The minimum atomic E-state index is -0.105. The quantitative estimate of drug-likeness (QED) is 0.773. The lowest BCUT2D eigenvalue weighted by molar-refractivity contribution is -0.136. The van der Waals surface area contributed by atoms with Crippen molar-refractivity contribution in [3.63, 3.8) is 0 Å². The largest absolute Gasteiger partial charge is 0.335 e. The Balaban J connectivity index is 1.53. The SMILES string of the molecule is NC1CCC(N(Cc2ccccc2NC(=O)c2cccs2)C(=O)C2CC2)CC1. The summed E-state index contributed by atoms with van der Waals surface area (Å²) in [6, 6.07) is 12.0. The third-order valence-electron chi connectivity index (χ3n) is 5.74. The van der Waals surface area contributed by atoms with Crippen LogP contribution < -0.4 is 11.1 Å². The van der Waals surface area contributed by atoms with Crippen LogP contribution in [0.1, 0.15) is 53.8 Å². The number of nitrogens with one attached hydrogen (secondary N) is 1. The lowest BCUT2D eigenvalue weighted by atomic mass is 9.90. The van der Waals surface area contributed by atoms with E-state index < -0.39 is 0 Å². The van der Waals surface area contributed by atoms with E-state index in [9.17, 15) is 9.59 Å². The first-order chi connectivity index (χ1) is 13.6. The average molecular weight is 398 g/mol. The van der Waals surface area contributed by atoms with Crippen LogP contribution in [0, 0.1) is 5.92 Å². The minimum absolute atomic E-state index is 0.105. The first-order valence-electron chi connectivity index (χ1n) is 10.1. The maximum Gasteiger partial charge on any atom is 0.265 e. The Morgan fingerprint density at radius 3 is 2.46 bits per heavy atom. The smallest absolute Gasteiger partial charge is 0.265 e. The van der Waals surface area contributed by atoms with Crippen molar-refractivity contribution < 1.29 is 9.59 Å². The van der Waals surface area contributed by atoms with Gasteiger partial charge in [0.2, 0.25) is 5.91 Å². The Kier molecular flexibility index (Phi) is 5.78. The van der Waals surface area contributed by atoms with E-state index in [1.54, 1.807) is 0 Å². The summed E-state index contributed by atoms with van der Waals surface area (Å²) in [6.45, 7) is 0.538. The Labute approximate surface area is 169 Å². The second-order valence-corrected chi connectivity index (χ2v) is 8.85. The van der Waals surface area contributed by atoms with E-state index in [-0.39, 0.29) is 29.8 Å². The molecule has 28 heavy (non-hydrogen) atoms. The molecule has 0 bridgehead atoms. The van der Waals surface area contributed by atoms with Gasteiger partial charge >= 0.3 is 0 Å². The number of nitrogens with zero attached hydrogens (tertiary/aromatic N) is 1. The molecule has 148 valence electrons. The van der Waals surface area contributed by atoms with E-state index in [4.69, 9.17) is 5.73 Å². The summed E-state index contributed by atoms with van der Waals surface area (Å²) in [5.41, 5.74) is 7.84. The summed E-state index contributed by atoms with van der Waals surface area (Å²) in [7, 11) is 0. The number of carbonyl (C=O) groups excluding carboxylic acids is 2. The van der Waals surface area contributed by atoms with E-state index in [0.717, 1.165) is 49.8 Å². The van der Waals surface area contributed by atoms with Gasteiger partial charge in [0.25, 0.3) is 5.91 Å². The molecule has 5 nitrogen and oxygen atoms in total. The predicted molar refractivity (Wildman–Crippen MR) is 112 cm³/mol. The van der Waals surface area contributed by atoms with E-state index in [1.807, 2.05) is 41.8 Å². The first kappa shape index (κ1) is 19.2. The molecule has 2 aliphatic carbocycles. The predicted octanol–water partition coefficient (Wildman–Crippen LogP) is 4.01. The molecule has 2 fully saturated rings. The fraction of sp³-hybridized carbons (Fsp3) is 0.455. The Morgan fingerprint density at radius 1 is 1.04 bits per heavy atom. The van der Waals surface area contributed by atoms with Crippen LogP contribution >= 0.6 is 11.3 Å². The summed E-state index contributed by atoms with van der Waals surface area (Å²) in [5, 5.41) is 4.92. The van der Waals surface area contributed by atoms with Gasteiger partial charge in [-0.2, -0.15) is 0 Å². The fourth-order valence-electron chi connectivity index (χ4n) is 3.92. The molecular formula is C22H27N3O2S. The molecule has 2 saturated carbocycles. The highest BCUT2D eigenvalue weighted by molar-refractivity contribution is 7.12. The number of hydrogen-bond acceptors (Lipinski definition) is 4. The van der Waals surface area contributed by atoms with Crippen molar-refractivity contribution in [1.82, 2.24) is 4.90 Å². The van der Waals surface area contributed by atoms with Crippen LogP contribution in [0.3, 0.4) is 0 Å². The molecule has 6 heteroatoms. The molecule has 0 radical (unpaired) electrons. The summed E-state index contributed by atoms with van der Waals surface area (Å²) in [5.74, 6) is 0.342. The first-order valence-corrected chi connectivity index (χ1v) is 11.0. The van der Waals surface area contributed by atoms with Crippen LogP contribution in [0.15, 0.2) is 41.8 Å². The van der Waals surface area contributed by atoms with Gasteiger partial charge in [-0.3, -0.25) is 9.59 Å². The number of hydrogen-bond donors (Lipinski definition) is 2. The molecule has 3 N–H and O–H groups in total. The van der Waals surface area contributed by atoms with Crippen LogP contribution in [0.25, 0.3) is 0 Å². The molecule has 0 aliphatic heterocycles. The Hall–Kier alpha value is -2.18. The number of carbonyl (C=O) groups is 2. The molecule has 2 aliphatic rings. The molecular weight excluding hydrogens is 370 g/mol. The molecule has 1 heterocycles. The van der Waals surface area contributed by atoms with Gasteiger partial charge in [0.05, 0.1) is 4.88 Å². The topological polar surface area (TPSA) is 75.4 Å². The fourth-order valence-corrected chi connectivity index (χ4v) is 4.54. The van der Waals surface area contributed by atoms with Crippen molar-refractivity contribution in [3.05, 3.63) is 52.2 Å². The zero-order chi connectivity index (χ0) is 19.5. The van der Waals surface area contributed by atoms with Gasteiger partial charge < -0.3 is 16.0 Å². The van der Waals surface area contributed by atoms with Gasteiger partial charge in [-0.15, -0.1) is 11.3 Å². The highest BCUT2D eigenvalue weighted by Gasteiger charge is 2.37. The highest BCUT2D eigenvalue weighted by atomic mass is 32.1. The van der Waals surface area contributed by atoms with Crippen molar-refractivity contribution in [2.75, 3.05) is 5.32 Å². The lowest BCUT2D eigenvalue weighted by Crippen LogP contribution is -2.44. The monoisotopic (exact) mass is 397 g/mol. The maximum absolute atomic E-state index is 13.0. The van der Waals surface area contributed by atoms with Crippen LogP contribution in [-0.4, -0.2) is 28.8 Å². The minimum Gasteiger partial charge on any atom is -0.335 e. The van der Waals surface area contributed by atoms with Crippen LogP contribution in [-0.2, 0) is 11.3 Å². The molecule has 1 aromatic carbocycles. The van der Waals surface area contributed by atoms with Crippen molar-refractivity contribution in [2.45, 2.75) is 57.2 Å². The zero-order valence-electron chi connectivity index (χ0n) is 16.0. The van der Waals surface area contributed by atoms with Crippen LogP contribution in [0.4, 0.5) is 5.69 Å². The van der Waals surface area contributed by atoms with Crippen LogP contribution in [0.2, 0.25) is 0 Å².